The number of hydrogen-bond donors (Lipinski definition) is 1. The topological polar surface area (TPSA) is 135 Å². The van der Waals surface area contributed by atoms with Gasteiger partial charge in [0.05, 0.1) is 52.0 Å². The summed E-state index contributed by atoms with van der Waals surface area (Å²) in [5.74, 6) is -4.13. The van der Waals surface area contributed by atoms with Crippen molar-refractivity contribution in [3.8, 4) is 0 Å². The van der Waals surface area contributed by atoms with E-state index in [4.69, 9.17) is 46.9 Å². The summed E-state index contributed by atoms with van der Waals surface area (Å²) >= 11 is 12.1. The summed E-state index contributed by atoms with van der Waals surface area (Å²) in [6.45, 7) is -1.08. The first-order valence-electron chi connectivity index (χ1n) is 12.6. The molecule has 0 aromatic heterocycles. The largest absolute Gasteiger partial charge is 0.428 e. The van der Waals surface area contributed by atoms with E-state index in [1.165, 1.54) is 0 Å². The molecule has 0 saturated heterocycles. The molecule has 0 amide bonds. The molecule has 1 N–H and O–H groups in total. The Morgan fingerprint density at radius 1 is 0.842 bits per heavy atom. The van der Waals surface area contributed by atoms with Crippen molar-refractivity contribution in [2.75, 3.05) is 13.6 Å². The van der Waals surface area contributed by atoms with Gasteiger partial charge in [0.1, 0.15) is 0 Å². The first kappa shape index (κ1) is 27.2. The maximum atomic E-state index is 13.2. The lowest BCUT2D eigenvalue weighted by Crippen LogP contribution is -2.49. The highest BCUT2D eigenvalue weighted by atomic mass is 35.5. The molecule has 0 spiro atoms. The molecule has 0 aliphatic heterocycles. The normalized spacial score (nSPS) is 29.6. The second kappa shape index (κ2) is 11.0. The van der Waals surface area contributed by atoms with Crippen molar-refractivity contribution >= 4 is 47.1 Å². The van der Waals surface area contributed by atoms with Crippen LogP contribution in [0.1, 0.15) is 44.1 Å². The smallest absolute Gasteiger partial charge is 0.315 e. The first-order chi connectivity index (χ1) is 18.2. The number of hydrogen-bond acceptors (Lipinski definition) is 10. The van der Waals surface area contributed by atoms with Gasteiger partial charge in [0.2, 0.25) is 13.6 Å². The minimum Gasteiger partial charge on any atom is -0.428 e. The molecule has 5 rings (SSSR count). The average Bonchev–Trinajstić information content (AvgIpc) is 3.74. The molecule has 3 unspecified atom stereocenters. The second-order valence-electron chi connectivity index (χ2n) is 10.4. The monoisotopic (exact) mass is 570 g/mol. The van der Waals surface area contributed by atoms with Crippen LogP contribution in [0.25, 0.3) is 0 Å². The van der Waals surface area contributed by atoms with Gasteiger partial charge in [-0.2, -0.15) is 0 Å². The standard InChI is InChI=1S/C26H28Cl2O10/c27-17-6-1-13(7-18(17)28)10-34-21-19(29)9-26(25(33)38-12-36-23(31)15-4-5-15)8-16(26)20(21)24(32)37-11-35-22(30)14-2-3-14/h1,6-7,14-16,19-21,29H,2-5,8-12H2/t16?,19-,20-,21?,26?/m0/s1. The van der Waals surface area contributed by atoms with Crippen molar-refractivity contribution in [2.24, 2.45) is 29.1 Å². The lowest BCUT2D eigenvalue weighted by molar-refractivity contribution is -0.187. The Labute approximate surface area is 228 Å². The predicted octanol–water partition coefficient (Wildman–Crippen LogP) is 3.17. The average molecular weight is 571 g/mol. The Kier molecular flexibility index (Phi) is 7.86. The van der Waals surface area contributed by atoms with Gasteiger partial charge in [-0.3, -0.25) is 19.2 Å². The van der Waals surface area contributed by atoms with E-state index in [9.17, 15) is 24.3 Å². The van der Waals surface area contributed by atoms with Crippen LogP contribution in [0, 0.1) is 29.1 Å². The fraction of sp³-hybridized carbons (Fsp3) is 0.615. The molecule has 38 heavy (non-hydrogen) atoms. The van der Waals surface area contributed by atoms with Crippen molar-refractivity contribution in [1.29, 1.82) is 0 Å². The number of rotatable bonds is 11. The third kappa shape index (κ3) is 5.93. The maximum absolute atomic E-state index is 13.2. The van der Waals surface area contributed by atoms with Crippen LogP contribution in [-0.2, 0) is 49.5 Å². The van der Waals surface area contributed by atoms with E-state index < -0.39 is 66.9 Å². The number of aliphatic hydroxyl groups is 1. The summed E-state index contributed by atoms with van der Waals surface area (Å²) in [6.07, 6.45) is 1.06. The minimum atomic E-state index is -1.20. The zero-order valence-corrected chi connectivity index (χ0v) is 21.9. The SMILES string of the molecule is O=C(OCOC(=O)[C@@H]1C(OCc2ccc(Cl)c(Cl)c2)[C@@H](O)CC2(C(=O)OCOC(=O)C3CC3)CC12)C1CC1. The third-order valence-electron chi connectivity index (χ3n) is 7.59. The number of halogens is 2. The molecule has 0 heterocycles. The van der Waals surface area contributed by atoms with Gasteiger partial charge in [-0.05, 0) is 62.1 Å². The van der Waals surface area contributed by atoms with Gasteiger partial charge < -0.3 is 28.8 Å². The molecule has 0 radical (unpaired) electrons. The summed E-state index contributed by atoms with van der Waals surface area (Å²) in [5.41, 5.74) is -0.468. The molecule has 4 fully saturated rings. The Bertz CT molecular complexity index is 1120. The van der Waals surface area contributed by atoms with E-state index in [1.807, 2.05) is 0 Å². The molecule has 10 nitrogen and oxygen atoms in total. The fourth-order valence-corrected chi connectivity index (χ4v) is 5.37. The molecular weight excluding hydrogens is 543 g/mol. The molecule has 5 atom stereocenters. The maximum Gasteiger partial charge on any atom is 0.315 e. The number of esters is 4. The van der Waals surface area contributed by atoms with E-state index in [2.05, 4.69) is 0 Å². The number of fused-ring (bicyclic) bond motifs is 1. The fourth-order valence-electron chi connectivity index (χ4n) is 5.05. The highest BCUT2D eigenvalue weighted by molar-refractivity contribution is 6.42. The van der Waals surface area contributed by atoms with Crippen LogP contribution < -0.4 is 0 Å². The van der Waals surface area contributed by atoms with Crippen LogP contribution in [0.5, 0.6) is 0 Å². The Hall–Kier alpha value is -2.40. The van der Waals surface area contributed by atoms with Crippen molar-refractivity contribution in [3.63, 3.8) is 0 Å². The summed E-state index contributed by atoms with van der Waals surface area (Å²) in [5, 5.41) is 11.7. The molecule has 4 saturated carbocycles. The third-order valence-corrected chi connectivity index (χ3v) is 8.33. The molecule has 1 aromatic rings. The Morgan fingerprint density at radius 2 is 1.45 bits per heavy atom. The Morgan fingerprint density at radius 3 is 2.05 bits per heavy atom. The molecule has 4 aliphatic carbocycles. The van der Waals surface area contributed by atoms with Crippen molar-refractivity contribution < 1.29 is 48.0 Å². The van der Waals surface area contributed by atoms with E-state index in [1.54, 1.807) is 18.2 Å². The van der Waals surface area contributed by atoms with Gasteiger partial charge in [0, 0.05) is 0 Å². The van der Waals surface area contributed by atoms with Crippen LogP contribution in [0.15, 0.2) is 18.2 Å². The zero-order valence-electron chi connectivity index (χ0n) is 20.4. The number of aliphatic hydroxyl groups excluding tert-OH is 1. The molecular formula is C26H28Cl2O10. The molecule has 206 valence electrons. The summed E-state index contributed by atoms with van der Waals surface area (Å²) < 4.78 is 26.4. The molecule has 12 heteroatoms. The van der Waals surface area contributed by atoms with E-state index in [0.29, 0.717) is 15.6 Å². The highest BCUT2D eigenvalue weighted by Crippen LogP contribution is 2.65. The van der Waals surface area contributed by atoms with Crippen molar-refractivity contribution in [2.45, 2.75) is 57.3 Å². The molecule has 4 aliphatic rings. The van der Waals surface area contributed by atoms with E-state index in [0.717, 1.165) is 25.7 Å². The van der Waals surface area contributed by atoms with Gasteiger partial charge in [-0.1, -0.05) is 29.3 Å². The Balaban J connectivity index is 1.24. The number of carbonyl (C=O) groups excluding carboxylic acids is 4. The van der Waals surface area contributed by atoms with Gasteiger partial charge >= 0.3 is 23.9 Å². The van der Waals surface area contributed by atoms with Crippen molar-refractivity contribution in [3.05, 3.63) is 33.8 Å². The van der Waals surface area contributed by atoms with Crippen molar-refractivity contribution in [1.82, 2.24) is 0 Å². The van der Waals surface area contributed by atoms with Crippen LogP contribution in [0.3, 0.4) is 0 Å². The van der Waals surface area contributed by atoms with Gasteiger partial charge in [0.15, 0.2) is 0 Å². The first-order valence-corrected chi connectivity index (χ1v) is 13.4. The summed E-state index contributed by atoms with van der Waals surface area (Å²) in [7, 11) is 0. The minimum absolute atomic E-state index is 0.000438. The molecule has 1 aromatic carbocycles. The van der Waals surface area contributed by atoms with Gasteiger partial charge in [-0.15, -0.1) is 0 Å². The second-order valence-corrected chi connectivity index (χ2v) is 11.2. The van der Waals surface area contributed by atoms with E-state index in [-0.39, 0.29) is 31.3 Å². The lowest BCUT2D eigenvalue weighted by Gasteiger charge is -2.36. The number of benzene rings is 1. The molecule has 0 bridgehead atoms. The summed E-state index contributed by atoms with van der Waals surface area (Å²) in [6, 6.07) is 4.93. The van der Waals surface area contributed by atoms with Gasteiger partial charge in [-0.25, -0.2) is 0 Å². The quantitative estimate of drug-likeness (QED) is 0.312. The van der Waals surface area contributed by atoms with Crippen LogP contribution in [-0.4, -0.2) is 54.8 Å². The zero-order chi connectivity index (χ0) is 27.0. The van der Waals surface area contributed by atoms with Crippen LogP contribution in [0.2, 0.25) is 10.0 Å². The van der Waals surface area contributed by atoms with Crippen LogP contribution >= 0.6 is 23.2 Å². The number of ether oxygens (including phenoxy) is 5. The number of carbonyl (C=O) groups is 4. The highest BCUT2D eigenvalue weighted by Gasteiger charge is 2.71. The van der Waals surface area contributed by atoms with E-state index >= 15 is 0 Å². The van der Waals surface area contributed by atoms with Crippen LogP contribution in [0.4, 0.5) is 0 Å². The predicted molar refractivity (Wildman–Crippen MR) is 129 cm³/mol. The lowest BCUT2D eigenvalue weighted by atomic mass is 9.77. The summed E-state index contributed by atoms with van der Waals surface area (Å²) in [4.78, 5) is 49.7. The van der Waals surface area contributed by atoms with Gasteiger partial charge in [0.25, 0.3) is 0 Å².